The fraction of sp³-hybridized carbons (Fsp3) is 0.765. The van der Waals surface area contributed by atoms with Gasteiger partial charge in [0.2, 0.25) is 0 Å². The van der Waals surface area contributed by atoms with Crippen molar-refractivity contribution in [2.45, 2.75) is 66.2 Å². The summed E-state index contributed by atoms with van der Waals surface area (Å²) in [6.07, 6.45) is 4.00. The lowest BCUT2D eigenvalue weighted by Crippen LogP contribution is -2.32. The quantitative estimate of drug-likeness (QED) is 0.883. The second-order valence-electron chi connectivity index (χ2n) is 7.17. The molecule has 2 unspecified atom stereocenters. The molecule has 1 N–H and O–H groups in total. The first-order chi connectivity index (χ1) is 9.39. The Balaban J connectivity index is 1.90. The monoisotopic (exact) mass is 279 g/mol. The highest BCUT2D eigenvalue weighted by molar-refractivity contribution is 5.20. The van der Waals surface area contributed by atoms with Crippen LogP contribution < -0.4 is 5.32 Å². The average molecular weight is 279 g/mol. The first-order valence-corrected chi connectivity index (χ1v) is 7.74. The molecule has 0 aromatic carbocycles. The fourth-order valence-electron chi connectivity index (χ4n) is 3.61. The van der Waals surface area contributed by atoms with Crippen molar-refractivity contribution >= 4 is 0 Å². The zero-order valence-electron chi connectivity index (χ0n) is 13.6. The summed E-state index contributed by atoms with van der Waals surface area (Å²) in [6.45, 7) is 10.5. The Bertz CT molecular complexity index is 436. The van der Waals surface area contributed by atoms with Crippen LogP contribution in [0, 0.1) is 18.3 Å². The van der Waals surface area contributed by atoms with E-state index in [0.29, 0.717) is 18.1 Å². The van der Waals surface area contributed by atoms with Crippen molar-refractivity contribution in [2.75, 3.05) is 7.05 Å². The van der Waals surface area contributed by atoms with E-state index in [2.05, 4.69) is 32.2 Å². The Kier molecular flexibility index (Phi) is 4.92. The summed E-state index contributed by atoms with van der Waals surface area (Å²) in [7, 11) is 1.95. The molecule has 0 aliphatic heterocycles. The van der Waals surface area contributed by atoms with E-state index in [1.54, 1.807) is 0 Å². The zero-order valence-corrected chi connectivity index (χ0v) is 13.6. The molecule has 1 aromatic rings. The van der Waals surface area contributed by atoms with Gasteiger partial charge < -0.3 is 14.5 Å². The van der Waals surface area contributed by atoms with Gasteiger partial charge in [-0.2, -0.15) is 0 Å². The number of furan rings is 1. The Morgan fingerprint density at radius 2 is 2.15 bits per heavy atom. The van der Waals surface area contributed by atoms with Crippen LogP contribution in [0.25, 0.3) is 0 Å². The number of nitrogens with one attached hydrogen (secondary N) is 1. The molecule has 114 valence electrons. The highest BCUT2D eigenvalue weighted by Crippen LogP contribution is 2.39. The van der Waals surface area contributed by atoms with Crippen LogP contribution >= 0.6 is 0 Å². The molecule has 1 aliphatic carbocycles. The molecule has 0 bridgehead atoms. The van der Waals surface area contributed by atoms with Crippen molar-refractivity contribution in [3.63, 3.8) is 0 Å². The molecule has 1 heterocycles. The summed E-state index contributed by atoms with van der Waals surface area (Å²) in [4.78, 5) is 0. The van der Waals surface area contributed by atoms with Crippen LogP contribution in [0.1, 0.15) is 57.1 Å². The van der Waals surface area contributed by atoms with Gasteiger partial charge in [-0.15, -0.1) is 0 Å². The third-order valence-electron chi connectivity index (χ3n) is 4.25. The van der Waals surface area contributed by atoms with Gasteiger partial charge in [-0.1, -0.05) is 20.8 Å². The molecule has 1 aromatic heterocycles. The van der Waals surface area contributed by atoms with Crippen LogP contribution in [0.3, 0.4) is 0 Å². The van der Waals surface area contributed by atoms with Crippen molar-refractivity contribution in [3.05, 3.63) is 23.2 Å². The molecule has 1 saturated carbocycles. The van der Waals surface area contributed by atoms with Crippen molar-refractivity contribution < 1.29 is 9.15 Å². The van der Waals surface area contributed by atoms with Gasteiger partial charge in [-0.25, -0.2) is 0 Å². The maximum Gasteiger partial charge on any atom is 0.130 e. The summed E-state index contributed by atoms with van der Waals surface area (Å²) in [6, 6.07) is 2.11. The third kappa shape index (κ3) is 4.10. The van der Waals surface area contributed by atoms with Crippen LogP contribution in [0.5, 0.6) is 0 Å². The third-order valence-corrected chi connectivity index (χ3v) is 4.25. The second kappa shape index (κ2) is 6.31. The van der Waals surface area contributed by atoms with E-state index in [1.165, 1.54) is 18.4 Å². The zero-order chi connectivity index (χ0) is 14.8. The van der Waals surface area contributed by atoms with Gasteiger partial charge in [0.1, 0.15) is 18.1 Å². The largest absolute Gasteiger partial charge is 0.464 e. The predicted molar refractivity (Wildman–Crippen MR) is 81.6 cm³/mol. The number of hydrogen-bond acceptors (Lipinski definition) is 3. The molecule has 1 fully saturated rings. The van der Waals surface area contributed by atoms with E-state index >= 15 is 0 Å². The van der Waals surface area contributed by atoms with E-state index in [4.69, 9.17) is 9.15 Å². The Hall–Kier alpha value is -0.800. The van der Waals surface area contributed by atoms with E-state index in [-0.39, 0.29) is 0 Å². The number of ether oxygens (including phenoxy) is 1. The minimum atomic E-state index is 0.368. The summed E-state index contributed by atoms with van der Waals surface area (Å²) in [5, 5.41) is 3.16. The lowest BCUT2D eigenvalue weighted by atomic mass is 9.71. The van der Waals surface area contributed by atoms with Gasteiger partial charge in [-0.3, -0.25) is 0 Å². The molecule has 3 nitrogen and oxygen atoms in total. The molecule has 1 aliphatic rings. The lowest BCUT2D eigenvalue weighted by molar-refractivity contribution is -0.0370. The van der Waals surface area contributed by atoms with E-state index in [9.17, 15) is 0 Å². The molecule has 0 amide bonds. The van der Waals surface area contributed by atoms with Gasteiger partial charge in [0.05, 0.1) is 6.10 Å². The second-order valence-corrected chi connectivity index (χ2v) is 7.17. The number of hydrogen-bond donors (Lipinski definition) is 1. The minimum absolute atomic E-state index is 0.368. The number of rotatable bonds is 5. The molecule has 0 radical (unpaired) electrons. The van der Waals surface area contributed by atoms with Crippen LogP contribution in [-0.4, -0.2) is 13.2 Å². The van der Waals surface area contributed by atoms with E-state index in [0.717, 1.165) is 30.4 Å². The van der Waals surface area contributed by atoms with E-state index in [1.807, 2.05) is 14.0 Å². The highest BCUT2D eigenvalue weighted by Gasteiger charge is 2.32. The van der Waals surface area contributed by atoms with E-state index < -0.39 is 0 Å². The van der Waals surface area contributed by atoms with Crippen LogP contribution in [0.4, 0.5) is 0 Å². The van der Waals surface area contributed by atoms with Crippen molar-refractivity contribution in [1.82, 2.24) is 5.32 Å². The van der Waals surface area contributed by atoms with Gasteiger partial charge in [-0.05, 0) is 50.6 Å². The van der Waals surface area contributed by atoms with Gasteiger partial charge in [0.15, 0.2) is 0 Å². The summed E-state index contributed by atoms with van der Waals surface area (Å²) in [5.41, 5.74) is 1.63. The Labute approximate surface area is 123 Å². The lowest BCUT2D eigenvalue weighted by Gasteiger charge is -2.38. The normalized spacial score (nSPS) is 25.9. The molecule has 0 saturated heterocycles. The van der Waals surface area contributed by atoms with Crippen LogP contribution in [0.2, 0.25) is 0 Å². The van der Waals surface area contributed by atoms with Gasteiger partial charge in [0, 0.05) is 12.1 Å². The van der Waals surface area contributed by atoms with Crippen molar-refractivity contribution in [1.29, 1.82) is 0 Å². The van der Waals surface area contributed by atoms with Crippen molar-refractivity contribution in [2.24, 2.45) is 11.3 Å². The average Bonchev–Trinajstić information content (AvgIpc) is 2.66. The molecule has 2 atom stereocenters. The predicted octanol–water partition coefficient (Wildman–Crippen LogP) is 4.04. The van der Waals surface area contributed by atoms with Gasteiger partial charge in [0.25, 0.3) is 0 Å². The fourth-order valence-corrected chi connectivity index (χ4v) is 3.61. The van der Waals surface area contributed by atoms with Crippen LogP contribution in [0.15, 0.2) is 10.5 Å². The number of aryl methyl sites for hydroxylation is 1. The molecule has 2 rings (SSSR count). The molecule has 0 spiro atoms. The highest BCUT2D eigenvalue weighted by atomic mass is 16.5. The summed E-state index contributed by atoms with van der Waals surface area (Å²) < 4.78 is 11.9. The molecular formula is C17H29NO2. The first kappa shape index (κ1) is 15.6. The Morgan fingerprint density at radius 1 is 1.40 bits per heavy atom. The molecule has 3 heteroatoms. The topological polar surface area (TPSA) is 34.4 Å². The molecular weight excluding hydrogens is 250 g/mol. The summed E-state index contributed by atoms with van der Waals surface area (Å²) in [5.74, 6) is 2.70. The van der Waals surface area contributed by atoms with Gasteiger partial charge >= 0.3 is 0 Å². The smallest absolute Gasteiger partial charge is 0.130 e. The Morgan fingerprint density at radius 3 is 2.80 bits per heavy atom. The van der Waals surface area contributed by atoms with Crippen LogP contribution in [-0.2, 0) is 17.9 Å². The SMILES string of the molecule is CNCc1cc(COC2CC(C)CC(C)(C)C2)oc1C. The standard InChI is InChI=1S/C17H29NO2/c1-12-6-15(9-17(3,4)8-12)19-11-16-7-14(10-18-5)13(2)20-16/h7,12,15,18H,6,8-11H2,1-5H3. The first-order valence-electron chi connectivity index (χ1n) is 7.74. The maximum absolute atomic E-state index is 6.11. The summed E-state index contributed by atoms with van der Waals surface area (Å²) >= 11 is 0. The minimum Gasteiger partial charge on any atom is -0.464 e. The maximum atomic E-state index is 6.11. The van der Waals surface area contributed by atoms with Crippen molar-refractivity contribution in [3.8, 4) is 0 Å². The molecule has 20 heavy (non-hydrogen) atoms.